The zero-order valence-electron chi connectivity index (χ0n) is 13.5. The maximum absolute atomic E-state index is 5.49. The van der Waals surface area contributed by atoms with E-state index in [1.807, 2.05) is 6.07 Å². The molecule has 2 aliphatic rings. The number of fused-ring (bicyclic) bond motifs is 1. The third-order valence-corrected chi connectivity index (χ3v) is 5.89. The molecular weight excluding hydrogens is 310 g/mol. The zero-order valence-corrected chi connectivity index (χ0v) is 14.3. The van der Waals surface area contributed by atoms with Gasteiger partial charge in [-0.3, -0.25) is 4.90 Å². The fourth-order valence-corrected chi connectivity index (χ4v) is 4.55. The van der Waals surface area contributed by atoms with Crippen LogP contribution in [-0.4, -0.2) is 62.4 Å². The standard InChI is InChI=1S/C17H23N3O2S/c1-21-14-4-5-15-16(11-14)23-17(18-15)20-6-2-3-13(12-20)19-7-9-22-10-8-19/h4-5,11,13H,2-3,6-10,12H2,1H3. The van der Waals surface area contributed by atoms with Crippen molar-refractivity contribution in [3.8, 4) is 5.75 Å². The summed E-state index contributed by atoms with van der Waals surface area (Å²) in [4.78, 5) is 9.89. The Hall–Kier alpha value is -1.37. The van der Waals surface area contributed by atoms with Crippen LogP contribution < -0.4 is 9.64 Å². The summed E-state index contributed by atoms with van der Waals surface area (Å²) in [6.45, 7) is 6.06. The number of ether oxygens (including phenoxy) is 2. The third-order valence-electron chi connectivity index (χ3n) is 4.81. The van der Waals surface area contributed by atoms with Crippen molar-refractivity contribution in [1.82, 2.24) is 9.88 Å². The molecule has 0 spiro atoms. The summed E-state index contributed by atoms with van der Waals surface area (Å²) in [7, 11) is 1.71. The van der Waals surface area contributed by atoms with E-state index in [9.17, 15) is 0 Å². The largest absolute Gasteiger partial charge is 0.497 e. The number of anilines is 1. The van der Waals surface area contributed by atoms with Gasteiger partial charge >= 0.3 is 0 Å². The van der Waals surface area contributed by atoms with Crippen LogP contribution >= 0.6 is 11.3 Å². The average molecular weight is 333 g/mol. The number of methoxy groups -OCH3 is 1. The van der Waals surface area contributed by atoms with Crippen LogP contribution in [-0.2, 0) is 4.74 Å². The van der Waals surface area contributed by atoms with E-state index >= 15 is 0 Å². The molecule has 124 valence electrons. The van der Waals surface area contributed by atoms with Crippen molar-refractivity contribution in [3.63, 3.8) is 0 Å². The number of morpholine rings is 1. The molecule has 2 fully saturated rings. The van der Waals surface area contributed by atoms with Crippen molar-refractivity contribution in [1.29, 1.82) is 0 Å². The molecule has 2 saturated heterocycles. The predicted octanol–water partition coefficient (Wildman–Crippen LogP) is 2.61. The first-order valence-electron chi connectivity index (χ1n) is 8.35. The second-order valence-electron chi connectivity index (χ2n) is 6.22. The highest BCUT2D eigenvalue weighted by Crippen LogP contribution is 2.33. The number of aromatic nitrogens is 1. The Morgan fingerprint density at radius 3 is 2.96 bits per heavy atom. The summed E-state index contributed by atoms with van der Waals surface area (Å²) >= 11 is 1.77. The monoisotopic (exact) mass is 333 g/mol. The smallest absolute Gasteiger partial charge is 0.186 e. The van der Waals surface area contributed by atoms with Gasteiger partial charge in [0.15, 0.2) is 5.13 Å². The maximum Gasteiger partial charge on any atom is 0.186 e. The lowest BCUT2D eigenvalue weighted by Crippen LogP contribution is -2.51. The van der Waals surface area contributed by atoms with Crippen LogP contribution in [0.15, 0.2) is 18.2 Å². The summed E-state index contributed by atoms with van der Waals surface area (Å²) in [5, 5.41) is 1.14. The zero-order chi connectivity index (χ0) is 15.6. The average Bonchev–Trinajstić information content (AvgIpc) is 3.06. The molecule has 3 heterocycles. The summed E-state index contributed by atoms with van der Waals surface area (Å²) in [6.07, 6.45) is 2.52. The van der Waals surface area contributed by atoms with Crippen LogP contribution in [0.2, 0.25) is 0 Å². The molecule has 0 amide bonds. The van der Waals surface area contributed by atoms with Gasteiger partial charge in [0.1, 0.15) is 5.75 Å². The minimum atomic E-state index is 0.634. The van der Waals surface area contributed by atoms with Crippen LogP contribution in [0.1, 0.15) is 12.8 Å². The van der Waals surface area contributed by atoms with Crippen LogP contribution in [0.4, 0.5) is 5.13 Å². The molecule has 0 radical (unpaired) electrons. The number of hydrogen-bond donors (Lipinski definition) is 0. The van der Waals surface area contributed by atoms with E-state index in [-0.39, 0.29) is 0 Å². The lowest BCUT2D eigenvalue weighted by Gasteiger charge is -2.40. The molecule has 2 aliphatic heterocycles. The van der Waals surface area contributed by atoms with Crippen LogP contribution in [0.25, 0.3) is 10.2 Å². The Bertz CT molecular complexity index is 669. The highest BCUT2D eigenvalue weighted by Gasteiger charge is 2.27. The quantitative estimate of drug-likeness (QED) is 0.863. The topological polar surface area (TPSA) is 37.8 Å². The van der Waals surface area contributed by atoms with Gasteiger partial charge in [0.25, 0.3) is 0 Å². The molecule has 0 bridgehead atoms. The van der Waals surface area contributed by atoms with E-state index in [2.05, 4.69) is 21.9 Å². The van der Waals surface area contributed by atoms with Gasteiger partial charge in [-0.2, -0.15) is 0 Å². The number of rotatable bonds is 3. The van der Waals surface area contributed by atoms with Crippen molar-refractivity contribution in [2.45, 2.75) is 18.9 Å². The molecule has 1 atom stereocenters. The molecular formula is C17H23N3O2S. The highest BCUT2D eigenvalue weighted by molar-refractivity contribution is 7.22. The fraction of sp³-hybridized carbons (Fsp3) is 0.588. The van der Waals surface area contributed by atoms with Crippen molar-refractivity contribution in [2.24, 2.45) is 0 Å². The first-order chi connectivity index (χ1) is 11.3. The van der Waals surface area contributed by atoms with E-state index in [4.69, 9.17) is 14.5 Å². The Morgan fingerprint density at radius 1 is 1.26 bits per heavy atom. The Morgan fingerprint density at radius 2 is 2.13 bits per heavy atom. The molecule has 2 aromatic rings. The van der Waals surface area contributed by atoms with Crippen LogP contribution in [0.3, 0.4) is 0 Å². The number of benzene rings is 1. The van der Waals surface area contributed by atoms with Crippen molar-refractivity contribution in [2.75, 3.05) is 51.4 Å². The summed E-state index contributed by atoms with van der Waals surface area (Å²) in [5.74, 6) is 0.900. The van der Waals surface area contributed by atoms with Crippen molar-refractivity contribution >= 4 is 26.7 Å². The number of hydrogen-bond acceptors (Lipinski definition) is 6. The second kappa shape index (κ2) is 6.63. The van der Waals surface area contributed by atoms with Crippen LogP contribution in [0, 0.1) is 0 Å². The molecule has 1 aromatic heterocycles. The van der Waals surface area contributed by atoms with E-state index in [0.717, 1.165) is 55.8 Å². The van der Waals surface area contributed by atoms with Crippen LogP contribution in [0.5, 0.6) is 5.75 Å². The molecule has 1 unspecified atom stereocenters. The Balaban J connectivity index is 1.52. The first-order valence-corrected chi connectivity index (χ1v) is 9.16. The molecule has 0 aliphatic carbocycles. The predicted molar refractivity (Wildman–Crippen MR) is 93.8 cm³/mol. The fourth-order valence-electron chi connectivity index (χ4n) is 3.52. The van der Waals surface area contributed by atoms with Gasteiger partial charge in [-0.15, -0.1) is 0 Å². The van der Waals surface area contributed by atoms with Gasteiger partial charge in [0.05, 0.1) is 30.5 Å². The highest BCUT2D eigenvalue weighted by atomic mass is 32.1. The minimum absolute atomic E-state index is 0.634. The molecule has 4 rings (SSSR count). The molecule has 1 aromatic carbocycles. The molecule has 6 heteroatoms. The Labute approximate surface area is 140 Å². The van der Waals surface area contributed by atoms with Gasteiger partial charge in [0.2, 0.25) is 0 Å². The summed E-state index contributed by atoms with van der Waals surface area (Å²) < 4.78 is 12.0. The van der Waals surface area contributed by atoms with E-state index in [0.29, 0.717) is 6.04 Å². The maximum atomic E-state index is 5.49. The van der Waals surface area contributed by atoms with Gasteiger partial charge in [0, 0.05) is 32.2 Å². The third kappa shape index (κ3) is 3.16. The second-order valence-corrected chi connectivity index (χ2v) is 7.23. The molecule has 0 saturated carbocycles. The summed E-state index contributed by atoms with van der Waals surface area (Å²) in [6, 6.07) is 6.75. The van der Waals surface area contributed by atoms with E-state index in [1.54, 1.807) is 18.4 Å². The van der Waals surface area contributed by atoms with Crippen molar-refractivity contribution < 1.29 is 9.47 Å². The lowest BCUT2D eigenvalue weighted by atomic mass is 10.0. The minimum Gasteiger partial charge on any atom is -0.497 e. The number of piperidine rings is 1. The van der Waals surface area contributed by atoms with Crippen molar-refractivity contribution in [3.05, 3.63) is 18.2 Å². The number of thiazole rings is 1. The lowest BCUT2D eigenvalue weighted by molar-refractivity contribution is 0.0137. The van der Waals surface area contributed by atoms with Gasteiger partial charge in [-0.25, -0.2) is 4.98 Å². The summed E-state index contributed by atoms with van der Waals surface area (Å²) in [5.41, 5.74) is 1.07. The van der Waals surface area contributed by atoms with Gasteiger partial charge in [-0.05, 0) is 31.0 Å². The molecule has 5 nitrogen and oxygen atoms in total. The Kier molecular flexibility index (Phi) is 4.37. The number of nitrogens with zero attached hydrogens (tertiary/aromatic N) is 3. The molecule has 0 N–H and O–H groups in total. The van der Waals surface area contributed by atoms with Gasteiger partial charge in [-0.1, -0.05) is 11.3 Å². The van der Waals surface area contributed by atoms with E-state index < -0.39 is 0 Å². The SMILES string of the molecule is COc1ccc2nc(N3CCCC(N4CCOCC4)C3)sc2c1. The van der Waals surface area contributed by atoms with Gasteiger partial charge < -0.3 is 14.4 Å². The first kappa shape index (κ1) is 15.2. The normalized spacial score (nSPS) is 23.3. The molecule has 23 heavy (non-hydrogen) atoms. The van der Waals surface area contributed by atoms with E-state index in [1.165, 1.54) is 17.5 Å².